The molecular formula is C11H11NO2S. The fourth-order valence-corrected chi connectivity index (χ4v) is 2.79. The van der Waals surface area contributed by atoms with Crippen LogP contribution in [0.3, 0.4) is 0 Å². The van der Waals surface area contributed by atoms with Gasteiger partial charge in [0.15, 0.2) is 0 Å². The lowest BCUT2D eigenvalue weighted by atomic mass is 10.1. The van der Waals surface area contributed by atoms with E-state index in [4.69, 9.17) is 4.42 Å². The summed E-state index contributed by atoms with van der Waals surface area (Å²) >= 11 is 1.18. The average Bonchev–Trinajstić information content (AvgIpc) is 2.82. The third-order valence-electron chi connectivity index (χ3n) is 2.82. The molecule has 1 saturated heterocycles. The predicted molar refractivity (Wildman–Crippen MR) is 60.3 cm³/mol. The summed E-state index contributed by atoms with van der Waals surface area (Å²) in [6.45, 7) is 1.09. The Hall–Kier alpha value is -1.13. The normalized spacial score (nSPS) is 21.2. The van der Waals surface area contributed by atoms with E-state index in [-0.39, 0.29) is 4.94 Å². The van der Waals surface area contributed by atoms with Crippen LogP contribution in [0.15, 0.2) is 27.4 Å². The maximum absolute atomic E-state index is 11.1. The van der Waals surface area contributed by atoms with Crippen LogP contribution in [-0.2, 0) is 0 Å². The topological polar surface area (TPSA) is 42.2 Å². The van der Waals surface area contributed by atoms with E-state index in [1.54, 1.807) is 0 Å². The molecule has 2 heterocycles. The van der Waals surface area contributed by atoms with Crippen molar-refractivity contribution in [1.29, 1.82) is 0 Å². The highest BCUT2D eigenvalue weighted by molar-refractivity contribution is 7.16. The highest BCUT2D eigenvalue weighted by Gasteiger charge is 2.16. The summed E-state index contributed by atoms with van der Waals surface area (Å²) < 4.78 is 5.98. The summed E-state index contributed by atoms with van der Waals surface area (Å²) in [6.07, 6.45) is 2.41. The molecule has 0 spiro atoms. The van der Waals surface area contributed by atoms with Gasteiger partial charge in [0, 0.05) is 6.04 Å². The van der Waals surface area contributed by atoms with E-state index in [0.29, 0.717) is 11.6 Å². The van der Waals surface area contributed by atoms with Gasteiger partial charge >= 0.3 is 4.94 Å². The van der Waals surface area contributed by atoms with Crippen LogP contribution in [0.4, 0.5) is 0 Å². The fourth-order valence-electron chi connectivity index (χ4n) is 2.07. The molecule has 3 rings (SSSR count). The van der Waals surface area contributed by atoms with E-state index in [1.165, 1.54) is 29.7 Å². The molecule has 1 N–H and O–H groups in total. The van der Waals surface area contributed by atoms with Crippen molar-refractivity contribution in [2.75, 3.05) is 6.54 Å². The van der Waals surface area contributed by atoms with Crippen LogP contribution in [0.2, 0.25) is 0 Å². The third-order valence-corrected chi connectivity index (χ3v) is 3.61. The van der Waals surface area contributed by atoms with Crippen LogP contribution < -0.4 is 10.3 Å². The van der Waals surface area contributed by atoms with Gasteiger partial charge < -0.3 is 9.73 Å². The summed E-state index contributed by atoms with van der Waals surface area (Å²) in [5, 5.41) is 3.44. The van der Waals surface area contributed by atoms with Gasteiger partial charge in [0.05, 0.1) is 4.70 Å². The lowest BCUT2D eigenvalue weighted by Gasteiger charge is -2.09. The smallest absolute Gasteiger partial charge is 0.396 e. The van der Waals surface area contributed by atoms with Crippen molar-refractivity contribution in [3.05, 3.63) is 33.5 Å². The summed E-state index contributed by atoms with van der Waals surface area (Å²) in [4.78, 5) is 10.8. The van der Waals surface area contributed by atoms with E-state index in [1.807, 2.05) is 12.1 Å². The van der Waals surface area contributed by atoms with Gasteiger partial charge in [-0.05, 0) is 37.1 Å². The highest BCUT2D eigenvalue weighted by atomic mass is 32.1. The Balaban J connectivity index is 2.08. The minimum atomic E-state index is -0.221. The van der Waals surface area contributed by atoms with Crippen LogP contribution in [0.5, 0.6) is 0 Å². The molecule has 1 unspecified atom stereocenters. The molecule has 1 fully saturated rings. The zero-order chi connectivity index (χ0) is 10.3. The first kappa shape index (κ1) is 9.12. The molecule has 1 aliphatic rings. The first-order chi connectivity index (χ1) is 7.33. The second kappa shape index (κ2) is 3.47. The average molecular weight is 221 g/mol. The molecule has 4 heteroatoms. The zero-order valence-corrected chi connectivity index (χ0v) is 8.97. The Bertz CT molecular complexity index is 537. The number of hydrogen-bond donors (Lipinski definition) is 1. The van der Waals surface area contributed by atoms with Gasteiger partial charge in [-0.25, -0.2) is 4.79 Å². The van der Waals surface area contributed by atoms with E-state index in [2.05, 4.69) is 11.4 Å². The molecule has 78 valence electrons. The van der Waals surface area contributed by atoms with Crippen molar-refractivity contribution in [3.63, 3.8) is 0 Å². The quantitative estimate of drug-likeness (QED) is 0.803. The zero-order valence-electron chi connectivity index (χ0n) is 8.16. The third kappa shape index (κ3) is 1.60. The molecule has 0 bridgehead atoms. The molecule has 0 aliphatic carbocycles. The summed E-state index contributed by atoms with van der Waals surface area (Å²) in [6, 6.07) is 6.45. The molecule has 15 heavy (non-hydrogen) atoms. The van der Waals surface area contributed by atoms with Gasteiger partial charge in [-0.15, -0.1) is 0 Å². The number of benzene rings is 1. The van der Waals surface area contributed by atoms with Gasteiger partial charge in [-0.3, -0.25) is 0 Å². The van der Waals surface area contributed by atoms with Crippen molar-refractivity contribution in [3.8, 4) is 0 Å². The van der Waals surface area contributed by atoms with E-state index < -0.39 is 0 Å². The lowest BCUT2D eigenvalue weighted by Crippen LogP contribution is -2.12. The molecule has 0 radical (unpaired) electrons. The SMILES string of the molecule is O=c1oc2ccc(C3CCCN3)cc2s1. The molecule has 0 saturated carbocycles. The Morgan fingerprint density at radius 3 is 3.20 bits per heavy atom. The molecule has 1 aromatic heterocycles. The fraction of sp³-hybridized carbons (Fsp3) is 0.364. The van der Waals surface area contributed by atoms with Crippen LogP contribution in [0.25, 0.3) is 10.3 Å². The molecule has 3 nitrogen and oxygen atoms in total. The summed E-state index contributed by atoms with van der Waals surface area (Å²) in [5.41, 5.74) is 1.96. The molecule has 1 aromatic carbocycles. The van der Waals surface area contributed by atoms with E-state index in [9.17, 15) is 4.79 Å². The van der Waals surface area contributed by atoms with Crippen LogP contribution >= 0.6 is 11.3 Å². The first-order valence-electron chi connectivity index (χ1n) is 5.10. The van der Waals surface area contributed by atoms with Crippen molar-refractivity contribution in [2.45, 2.75) is 18.9 Å². The van der Waals surface area contributed by atoms with E-state index >= 15 is 0 Å². The second-order valence-corrected chi connectivity index (χ2v) is 4.79. The number of nitrogens with one attached hydrogen (secondary N) is 1. The molecular weight excluding hydrogens is 210 g/mol. The minimum Gasteiger partial charge on any atom is -0.414 e. The van der Waals surface area contributed by atoms with Crippen molar-refractivity contribution >= 4 is 21.6 Å². The predicted octanol–water partition coefficient (Wildman–Crippen LogP) is 2.28. The Morgan fingerprint density at radius 1 is 1.47 bits per heavy atom. The second-order valence-electron chi connectivity index (χ2n) is 3.81. The Labute approximate surface area is 90.7 Å². The maximum Gasteiger partial charge on any atom is 0.396 e. The van der Waals surface area contributed by atoms with Crippen molar-refractivity contribution in [1.82, 2.24) is 5.32 Å². The highest BCUT2D eigenvalue weighted by Crippen LogP contribution is 2.27. The number of rotatable bonds is 1. The van der Waals surface area contributed by atoms with Gasteiger partial charge in [-0.1, -0.05) is 17.4 Å². The molecule has 1 atom stereocenters. The van der Waals surface area contributed by atoms with Crippen molar-refractivity contribution in [2.24, 2.45) is 0 Å². The molecule has 2 aromatic rings. The number of hydrogen-bond acceptors (Lipinski definition) is 4. The Kier molecular flexibility index (Phi) is 2.11. The molecule has 1 aliphatic heterocycles. The maximum atomic E-state index is 11.1. The standard InChI is InChI=1S/C11H11NO2S/c13-11-14-9-4-3-7(6-10(9)15-11)8-2-1-5-12-8/h3-4,6,8,12H,1-2,5H2. The minimum absolute atomic E-state index is 0.221. The largest absolute Gasteiger partial charge is 0.414 e. The summed E-state index contributed by atoms with van der Waals surface area (Å²) in [5.74, 6) is 0. The van der Waals surface area contributed by atoms with E-state index in [0.717, 1.165) is 11.2 Å². The first-order valence-corrected chi connectivity index (χ1v) is 5.91. The summed E-state index contributed by atoms with van der Waals surface area (Å²) in [7, 11) is 0. The van der Waals surface area contributed by atoms with Crippen LogP contribution in [-0.4, -0.2) is 6.54 Å². The monoisotopic (exact) mass is 221 g/mol. The van der Waals surface area contributed by atoms with Gasteiger partial charge in [0.2, 0.25) is 0 Å². The van der Waals surface area contributed by atoms with Gasteiger partial charge in [0.25, 0.3) is 0 Å². The molecule has 0 amide bonds. The van der Waals surface area contributed by atoms with Crippen LogP contribution in [0, 0.1) is 0 Å². The van der Waals surface area contributed by atoms with Gasteiger partial charge in [-0.2, -0.15) is 0 Å². The van der Waals surface area contributed by atoms with Crippen LogP contribution in [0.1, 0.15) is 24.4 Å². The Morgan fingerprint density at radius 2 is 2.40 bits per heavy atom. The van der Waals surface area contributed by atoms with Crippen molar-refractivity contribution < 1.29 is 4.42 Å². The number of fused-ring (bicyclic) bond motifs is 1. The lowest BCUT2D eigenvalue weighted by molar-refractivity contribution is 0.585. The van der Waals surface area contributed by atoms with Gasteiger partial charge in [0.1, 0.15) is 5.58 Å².